The van der Waals surface area contributed by atoms with E-state index in [9.17, 15) is 9.18 Å². The van der Waals surface area contributed by atoms with Crippen molar-refractivity contribution in [1.29, 1.82) is 0 Å². The number of nitrogens with two attached hydrogens (primary N) is 1. The fourth-order valence-corrected chi connectivity index (χ4v) is 2.82. The minimum absolute atomic E-state index is 0.127. The quantitative estimate of drug-likeness (QED) is 0.876. The van der Waals surface area contributed by atoms with Crippen LogP contribution >= 0.6 is 0 Å². The summed E-state index contributed by atoms with van der Waals surface area (Å²) < 4.78 is 13.6. The number of halogens is 1. The van der Waals surface area contributed by atoms with Crippen LogP contribution in [0.15, 0.2) is 18.2 Å². The lowest BCUT2D eigenvalue weighted by Crippen LogP contribution is -2.33. The first-order valence-corrected chi connectivity index (χ1v) is 6.86. The van der Waals surface area contributed by atoms with Crippen molar-refractivity contribution in [2.45, 2.75) is 26.2 Å². The number of amides is 1. The third kappa shape index (κ3) is 3.32. The van der Waals surface area contributed by atoms with Crippen LogP contribution in [0.1, 0.15) is 35.2 Å². The number of hydrogen-bond donors (Lipinski definition) is 2. The Morgan fingerprint density at radius 1 is 1.42 bits per heavy atom. The van der Waals surface area contributed by atoms with Crippen molar-refractivity contribution < 1.29 is 9.18 Å². The molecule has 1 aliphatic carbocycles. The lowest BCUT2D eigenvalue weighted by atomic mass is 9.96. The van der Waals surface area contributed by atoms with E-state index in [1.54, 1.807) is 12.1 Å². The molecular weight excluding hydrogens is 243 g/mol. The molecule has 1 aromatic carbocycles. The second kappa shape index (κ2) is 6.15. The van der Waals surface area contributed by atoms with E-state index in [4.69, 9.17) is 5.73 Å². The fourth-order valence-electron chi connectivity index (χ4n) is 2.82. The third-order valence-electron chi connectivity index (χ3n) is 4.01. The molecule has 1 fully saturated rings. The highest BCUT2D eigenvalue weighted by atomic mass is 19.1. The molecule has 0 radical (unpaired) electrons. The maximum Gasteiger partial charge on any atom is 0.254 e. The number of carbonyl (C=O) groups excluding carboxylic acids is 1. The highest BCUT2D eigenvalue weighted by Crippen LogP contribution is 2.30. The Kier molecular flexibility index (Phi) is 4.53. The summed E-state index contributed by atoms with van der Waals surface area (Å²) >= 11 is 0. The van der Waals surface area contributed by atoms with Crippen molar-refractivity contribution in [1.82, 2.24) is 5.32 Å². The molecule has 104 valence electrons. The van der Waals surface area contributed by atoms with Gasteiger partial charge >= 0.3 is 0 Å². The number of nitrogens with one attached hydrogen (secondary N) is 1. The average Bonchev–Trinajstić information content (AvgIpc) is 2.86. The van der Waals surface area contributed by atoms with Crippen LogP contribution in [0.3, 0.4) is 0 Å². The molecule has 1 aromatic rings. The van der Waals surface area contributed by atoms with E-state index in [1.165, 1.54) is 12.5 Å². The maximum absolute atomic E-state index is 13.6. The summed E-state index contributed by atoms with van der Waals surface area (Å²) in [6, 6.07) is 4.58. The van der Waals surface area contributed by atoms with Gasteiger partial charge in [0.2, 0.25) is 0 Å². The average molecular weight is 264 g/mol. The Morgan fingerprint density at radius 3 is 2.89 bits per heavy atom. The molecule has 2 rings (SSSR count). The summed E-state index contributed by atoms with van der Waals surface area (Å²) in [5.74, 6) is 0.123. The minimum atomic E-state index is -0.468. The predicted molar refractivity (Wildman–Crippen MR) is 73.4 cm³/mol. The summed E-state index contributed by atoms with van der Waals surface area (Å²) in [7, 11) is 0. The Hall–Kier alpha value is -1.42. The topological polar surface area (TPSA) is 55.1 Å². The van der Waals surface area contributed by atoms with Gasteiger partial charge in [0.15, 0.2) is 0 Å². The lowest BCUT2D eigenvalue weighted by Gasteiger charge is -2.18. The monoisotopic (exact) mass is 264 g/mol. The van der Waals surface area contributed by atoms with Gasteiger partial charge in [-0.3, -0.25) is 4.79 Å². The van der Waals surface area contributed by atoms with Gasteiger partial charge in [-0.05, 0) is 50.3 Å². The summed E-state index contributed by atoms with van der Waals surface area (Å²) in [6.45, 7) is 3.10. The van der Waals surface area contributed by atoms with E-state index < -0.39 is 5.82 Å². The molecule has 1 amide bonds. The lowest BCUT2D eigenvalue weighted by molar-refractivity contribution is 0.0940. The molecule has 0 heterocycles. The van der Waals surface area contributed by atoms with E-state index in [2.05, 4.69) is 5.32 Å². The molecule has 3 nitrogen and oxygen atoms in total. The normalized spacial score (nSPS) is 22.5. The summed E-state index contributed by atoms with van der Waals surface area (Å²) in [6.07, 6.45) is 3.40. The summed E-state index contributed by atoms with van der Waals surface area (Å²) in [4.78, 5) is 12.0. The Balaban J connectivity index is 1.96. The Morgan fingerprint density at radius 2 is 2.16 bits per heavy atom. The van der Waals surface area contributed by atoms with Crippen molar-refractivity contribution in [3.8, 4) is 0 Å². The molecular formula is C15H21FN2O. The van der Waals surface area contributed by atoms with Crippen molar-refractivity contribution >= 4 is 5.91 Å². The Bertz CT molecular complexity index is 461. The molecule has 2 atom stereocenters. The van der Waals surface area contributed by atoms with Crippen molar-refractivity contribution in [3.63, 3.8) is 0 Å². The molecule has 0 aliphatic heterocycles. The van der Waals surface area contributed by atoms with Gasteiger partial charge in [-0.1, -0.05) is 18.1 Å². The molecule has 3 N–H and O–H groups in total. The molecule has 0 spiro atoms. The maximum atomic E-state index is 13.6. The van der Waals surface area contributed by atoms with Crippen LogP contribution in [-0.2, 0) is 0 Å². The number of aryl methyl sites for hydroxylation is 1. The van der Waals surface area contributed by atoms with E-state index in [0.717, 1.165) is 18.4 Å². The van der Waals surface area contributed by atoms with Crippen LogP contribution in [-0.4, -0.2) is 19.0 Å². The van der Waals surface area contributed by atoms with Gasteiger partial charge in [0.05, 0.1) is 5.56 Å². The van der Waals surface area contributed by atoms with Crippen LogP contribution in [0.5, 0.6) is 0 Å². The molecule has 2 unspecified atom stereocenters. The zero-order valence-electron chi connectivity index (χ0n) is 11.3. The van der Waals surface area contributed by atoms with E-state index in [1.807, 2.05) is 6.92 Å². The zero-order valence-corrected chi connectivity index (χ0v) is 11.3. The molecule has 19 heavy (non-hydrogen) atoms. The zero-order chi connectivity index (χ0) is 13.8. The van der Waals surface area contributed by atoms with E-state index in [-0.39, 0.29) is 11.5 Å². The molecule has 4 heteroatoms. The summed E-state index contributed by atoms with van der Waals surface area (Å²) in [5.41, 5.74) is 6.72. The molecule has 1 saturated carbocycles. The van der Waals surface area contributed by atoms with Crippen molar-refractivity contribution in [3.05, 3.63) is 35.1 Å². The SMILES string of the molecule is Cc1ccc(F)c(C(=O)NCC2CCCC2CN)c1. The molecule has 0 bridgehead atoms. The van der Waals surface area contributed by atoms with E-state index in [0.29, 0.717) is 24.9 Å². The van der Waals surface area contributed by atoms with E-state index >= 15 is 0 Å². The van der Waals surface area contributed by atoms with Crippen molar-refractivity contribution in [2.75, 3.05) is 13.1 Å². The van der Waals surface area contributed by atoms with Gasteiger partial charge in [0.1, 0.15) is 5.82 Å². The molecule has 1 aliphatic rings. The first-order chi connectivity index (χ1) is 9.11. The number of carbonyl (C=O) groups is 1. The standard InChI is InChI=1S/C15H21FN2O/c1-10-5-6-14(16)13(7-10)15(19)18-9-12-4-2-3-11(12)8-17/h5-7,11-12H,2-4,8-9,17H2,1H3,(H,18,19). The largest absolute Gasteiger partial charge is 0.352 e. The predicted octanol–water partition coefficient (Wildman–Crippen LogP) is 2.24. The number of benzene rings is 1. The van der Waals surface area contributed by atoms with Crippen molar-refractivity contribution in [2.24, 2.45) is 17.6 Å². The van der Waals surface area contributed by atoms with Gasteiger partial charge in [-0.25, -0.2) is 4.39 Å². The highest BCUT2D eigenvalue weighted by Gasteiger charge is 2.26. The van der Waals surface area contributed by atoms with Gasteiger partial charge in [-0.15, -0.1) is 0 Å². The summed E-state index contributed by atoms with van der Waals surface area (Å²) in [5, 5.41) is 2.84. The van der Waals surface area contributed by atoms with Crippen LogP contribution in [0, 0.1) is 24.6 Å². The first-order valence-electron chi connectivity index (χ1n) is 6.86. The van der Waals surface area contributed by atoms with Crippen LogP contribution in [0.4, 0.5) is 4.39 Å². The van der Waals surface area contributed by atoms with Gasteiger partial charge in [-0.2, -0.15) is 0 Å². The minimum Gasteiger partial charge on any atom is -0.352 e. The highest BCUT2D eigenvalue weighted by molar-refractivity contribution is 5.94. The number of hydrogen-bond acceptors (Lipinski definition) is 2. The van der Waals surface area contributed by atoms with Gasteiger partial charge < -0.3 is 11.1 Å². The molecule has 0 aromatic heterocycles. The van der Waals surface area contributed by atoms with Gasteiger partial charge in [0.25, 0.3) is 5.91 Å². The van der Waals surface area contributed by atoms with Gasteiger partial charge in [0, 0.05) is 6.54 Å². The Labute approximate surface area is 113 Å². The second-order valence-corrected chi connectivity index (χ2v) is 5.38. The van der Waals surface area contributed by atoms with Crippen LogP contribution in [0.2, 0.25) is 0 Å². The van der Waals surface area contributed by atoms with Crippen LogP contribution in [0.25, 0.3) is 0 Å². The molecule has 0 saturated heterocycles. The third-order valence-corrected chi connectivity index (χ3v) is 4.01. The second-order valence-electron chi connectivity index (χ2n) is 5.38. The fraction of sp³-hybridized carbons (Fsp3) is 0.533. The smallest absolute Gasteiger partial charge is 0.254 e. The number of rotatable bonds is 4. The van der Waals surface area contributed by atoms with Crippen LogP contribution < -0.4 is 11.1 Å². The first kappa shape index (κ1) is 14.0.